The monoisotopic (exact) mass is 256 g/mol. The van der Waals surface area contributed by atoms with Gasteiger partial charge in [0.05, 0.1) is 23.4 Å². The van der Waals surface area contributed by atoms with Crippen molar-refractivity contribution < 1.29 is 4.79 Å². The summed E-state index contributed by atoms with van der Waals surface area (Å²) in [6.45, 7) is 3.60. The Hall–Kier alpha value is -2.35. The van der Waals surface area contributed by atoms with E-state index < -0.39 is 5.41 Å². The summed E-state index contributed by atoms with van der Waals surface area (Å²) < 4.78 is 1.94. The van der Waals surface area contributed by atoms with E-state index in [0.29, 0.717) is 6.54 Å². The summed E-state index contributed by atoms with van der Waals surface area (Å²) >= 11 is 0. The first kappa shape index (κ1) is 13.1. The highest BCUT2D eigenvalue weighted by Gasteiger charge is 2.26. The number of nitrogens with zero attached hydrogens (tertiary/aromatic N) is 3. The Bertz CT molecular complexity index is 664. The predicted octanol–water partition coefficient (Wildman–Crippen LogP) is 1.74. The quantitative estimate of drug-likeness (QED) is 0.909. The van der Waals surface area contributed by atoms with Gasteiger partial charge in [-0.05, 0) is 31.5 Å². The van der Waals surface area contributed by atoms with Gasteiger partial charge in [-0.3, -0.25) is 4.79 Å². The minimum atomic E-state index is -1.00. The van der Waals surface area contributed by atoms with Gasteiger partial charge >= 0.3 is 0 Å². The molecule has 0 aliphatic heterocycles. The second kappa shape index (κ2) is 4.73. The molecule has 0 fully saturated rings. The van der Waals surface area contributed by atoms with Gasteiger partial charge in [0.15, 0.2) is 0 Å². The Morgan fingerprint density at radius 1 is 1.53 bits per heavy atom. The summed E-state index contributed by atoms with van der Waals surface area (Å²) in [5.74, 6) is -0.267. The SMILES string of the molecule is Cn1cnc2cc(CNC(=O)C(C)(C)C#N)ccc21. The van der Waals surface area contributed by atoms with Crippen molar-refractivity contribution in [1.29, 1.82) is 5.26 Å². The van der Waals surface area contributed by atoms with Crippen LogP contribution in [-0.4, -0.2) is 15.5 Å². The fourth-order valence-electron chi connectivity index (χ4n) is 1.75. The van der Waals surface area contributed by atoms with Crippen LogP contribution >= 0.6 is 0 Å². The topological polar surface area (TPSA) is 70.7 Å². The van der Waals surface area contributed by atoms with Crippen molar-refractivity contribution in [2.45, 2.75) is 20.4 Å². The van der Waals surface area contributed by atoms with Gasteiger partial charge in [-0.15, -0.1) is 0 Å². The number of nitrogens with one attached hydrogen (secondary N) is 1. The summed E-state index contributed by atoms with van der Waals surface area (Å²) in [7, 11) is 1.94. The average Bonchev–Trinajstić information content (AvgIpc) is 2.77. The molecular weight excluding hydrogens is 240 g/mol. The second-order valence-electron chi connectivity index (χ2n) is 5.10. The smallest absolute Gasteiger partial charge is 0.240 e. The molecule has 0 aliphatic rings. The summed E-state index contributed by atoms with van der Waals surface area (Å²) in [6.07, 6.45) is 1.76. The highest BCUT2D eigenvalue weighted by molar-refractivity contribution is 5.84. The number of nitriles is 1. The molecule has 2 aromatic rings. The highest BCUT2D eigenvalue weighted by Crippen LogP contribution is 2.15. The van der Waals surface area contributed by atoms with Gasteiger partial charge in [-0.1, -0.05) is 6.07 Å². The lowest BCUT2D eigenvalue weighted by molar-refractivity contribution is -0.126. The van der Waals surface area contributed by atoms with Gasteiger partial charge in [-0.25, -0.2) is 4.98 Å². The molecule has 1 heterocycles. The Balaban J connectivity index is 2.11. The molecule has 0 spiro atoms. The molecule has 19 heavy (non-hydrogen) atoms. The minimum Gasteiger partial charge on any atom is -0.351 e. The third-order valence-corrected chi connectivity index (χ3v) is 3.09. The van der Waals surface area contributed by atoms with Crippen molar-refractivity contribution in [3.05, 3.63) is 30.1 Å². The van der Waals surface area contributed by atoms with Crippen LogP contribution < -0.4 is 5.32 Å². The van der Waals surface area contributed by atoms with E-state index in [1.807, 2.05) is 35.9 Å². The predicted molar refractivity (Wildman–Crippen MR) is 72.0 cm³/mol. The van der Waals surface area contributed by atoms with E-state index in [1.54, 1.807) is 20.2 Å². The van der Waals surface area contributed by atoms with Crippen molar-refractivity contribution in [2.24, 2.45) is 12.5 Å². The largest absolute Gasteiger partial charge is 0.351 e. The van der Waals surface area contributed by atoms with Crippen LogP contribution in [0.25, 0.3) is 11.0 Å². The molecule has 1 aromatic carbocycles. The molecule has 1 aromatic heterocycles. The van der Waals surface area contributed by atoms with Crippen LogP contribution in [-0.2, 0) is 18.4 Å². The molecule has 98 valence electrons. The first-order valence-electron chi connectivity index (χ1n) is 6.03. The molecule has 5 nitrogen and oxygen atoms in total. The standard InChI is InChI=1S/C14H16N4O/c1-14(2,8-15)13(19)16-7-10-4-5-12-11(6-10)17-9-18(12)3/h4-6,9H,7H2,1-3H3,(H,16,19). The molecule has 0 saturated heterocycles. The zero-order valence-corrected chi connectivity index (χ0v) is 11.3. The zero-order chi connectivity index (χ0) is 14.0. The van der Waals surface area contributed by atoms with Crippen LogP contribution in [0.4, 0.5) is 0 Å². The number of benzene rings is 1. The molecule has 0 radical (unpaired) electrons. The Morgan fingerprint density at radius 3 is 2.95 bits per heavy atom. The molecule has 1 N–H and O–H groups in total. The first-order valence-corrected chi connectivity index (χ1v) is 6.03. The lowest BCUT2D eigenvalue weighted by Gasteiger charge is -2.14. The summed E-state index contributed by atoms with van der Waals surface area (Å²) in [5, 5.41) is 11.6. The molecular formula is C14H16N4O. The van der Waals surface area contributed by atoms with Gasteiger partial charge in [0.2, 0.25) is 5.91 Å². The van der Waals surface area contributed by atoms with Crippen molar-refractivity contribution in [2.75, 3.05) is 0 Å². The van der Waals surface area contributed by atoms with Crippen molar-refractivity contribution in [3.63, 3.8) is 0 Å². The van der Waals surface area contributed by atoms with Gasteiger partial charge in [0.25, 0.3) is 0 Å². The number of hydrogen-bond acceptors (Lipinski definition) is 3. The number of aromatic nitrogens is 2. The molecule has 0 aliphatic carbocycles. The number of carbonyl (C=O) groups is 1. The summed E-state index contributed by atoms with van der Waals surface area (Å²) in [6, 6.07) is 7.84. The van der Waals surface area contributed by atoms with E-state index >= 15 is 0 Å². The number of amides is 1. The van der Waals surface area contributed by atoms with Crippen LogP contribution in [0.1, 0.15) is 19.4 Å². The Kier molecular flexibility index (Phi) is 3.26. The highest BCUT2D eigenvalue weighted by atomic mass is 16.2. The van der Waals surface area contributed by atoms with E-state index in [-0.39, 0.29) is 5.91 Å². The zero-order valence-electron chi connectivity index (χ0n) is 11.3. The van der Waals surface area contributed by atoms with Crippen LogP contribution in [0.2, 0.25) is 0 Å². The molecule has 0 unspecified atom stereocenters. The maximum absolute atomic E-state index is 11.8. The molecule has 0 atom stereocenters. The maximum Gasteiger partial charge on any atom is 0.240 e. The van der Waals surface area contributed by atoms with Crippen LogP contribution in [0.5, 0.6) is 0 Å². The fourth-order valence-corrected chi connectivity index (χ4v) is 1.75. The van der Waals surface area contributed by atoms with Crippen LogP contribution in [0.3, 0.4) is 0 Å². The number of aryl methyl sites for hydroxylation is 1. The van der Waals surface area contributed by atoms with E-state index in [1.165, 1.54) is 0 Å². The third kappa shape index (κ3) is 2.58. The minimum absolute atomic E-state index is 0.267. The van der Waals surface area contributed by atoms with Gasteiger partial charge in [0.1, 0.15) is 5.41 Å². The third-order valence-electron chi connectivity index (χ3n) is 3.09. The van der Waals surface area contributed by atoms with E-state index in [2.05, 4.69) is 10.3 Å². The van der Waals surface area contributed by atoms with Gasteiger partial charge in [-0.2, -0.15) is 5.26 Å². The summed E-state index contributed by atoms with van der Waals surface area (Å²) in [4.78, 5) is 16.1. The normalized spacial score (nSPS) is 11.3. The Morgan fingerprint density at radius 2 is 2.26 bits per heavy atom. The molecule has 0 saturated carbocycles. The van der Waals surface area contributed by atoms with Crippen molar-refractivity contribution >= 4 is 16.9 Å². The number of rotatable bonds is 3. The molecule has 1 amide bonds. The van der Waals surface area contributed by atoms with Crippen molar-refractivity contribution in [3.8, 4) is 6.07 Å². The fraction of sp³-hybridized carbons (Fsp3) is 0.357. The number of imidazole rings is 1. The average molecular weight is 256 g/mol. The van der Waals surface area contributed by atoms with Crippen LogP contribution in [0, 0.1) is 16.7 Å². The molecule has 5 heteroatoms. The lowest BCUT2D eigenvalue weighted by atomic mass is 9.95. The summed E-state index contributed by atoms with van der Waals surface area (Å²) in [5.41, 5.74) is 1.91. The number of hydrogen-bond donors (Lipinski definition) is 1. The van der Waals surface area contributed by atoms with Gasteiger partial charge in [0, 0.05) is 13.6 Å². The van der Waals surface area contributed by atoms with E-state index in [9.17, 15) is 4.79 Å². The second-order valence-corrected chi connectivity index (χ2v) is 5.10. The number of fused-ring (bicyclic) bond motifs is 1. The van der Waals surface area contributed by atoms with E-state index in [0.717, 1.165) is 16.6 Å². The first-order chi connectivity index (χ1) is 8.94. The number of carbonyl (C=O) groups excluding carboxylic acids is 1. The lowest BCUT2D eigenvalue weighted by Crippen LogP contribution is -2.35. The maximum atomic E-state index is 11.8. The molecule has 0 bridgehead atoms. The van der Waals surface area contributed by atoms with E-state index in [4.69, 9.17) is 5.26 Å². The molecule has 2 rings (SSSR count). The van der Waals surface area contributed by atoms with Crippen molar-refractivity contribution in [1.82, 2.24) is 14.9 Å². The Labute approximate surface area is 111 Å². The van der Waals surface area contributed by atoms with Crippen LogP contribution in [0.15, 0.2) is 24.5 Å². The van der Waals surface area contributed by atoms with Gasteiger partial charge < -0.3 is 9.88 Å².